The number of unbranched alkanes of at least 4 members (excludes halogenated alkanes) is 1. The Labute approximate surface area is 274 Å². The summed E-state index contributed by atoms with van der Waals surface area (Å²) < 4.78 is 0. The molecule has 2 aromatic carbocycles. The first-order valence-electron chi connectivity index (χ1n) is 16.3. The maximum Gasteiger partial charge on any atom is 0.221 e. The SMILES string of the molecule is C#CC(C)(C)CC(=O)NCCCCN(C)/N=C(\CC(C=C)c1cccc2ncccc12)c1ccc(N2CC3=C(CCN=C3)C2)cc1. The number of terminal acetylenes is 1. The fourth-order valence-corrected chi connectivity index (χ4v) is 6.16. The van der Waals surface area contributed by atoms with Crippen molar-refractivity contribution in [3.63, 3.8) is 0 Å². The van der Waals surface area contributed by atoms with Gasteiger partial charge in [-0.15, -0.1) is 13.0 Å². The highest BCUT2D eigenvalue weighted by atomic mass is 16.1. The van der Waals surface area contributed by atoms with Crippen molar-refractivity contribution in [2.24, 2.45) is 15.5 Å². The Morgan fingerprint density at radius 3 is 2.76 bits per heavy atom. The second-order valence-corrected chi connectivity index (χ2v) is 13.0. The number of rotatable bonds is 14. The van der Waals surface area contributed by atoms with E-state index in [2.05, 4.69) is 87.4 Å². The Hall–Kier alpha value is -4.70. The van der Waals surface area contributed by atoms with Gasteiger partial charge >= 0.3 is 0 Å². The molecule has 1 aromatic heterocycles. The van der Waals surface area contributed by atoms with Crippen molar-refractivity contribution in [2.45, 2.75) is 51.9 Å². The van der Waals surface area contributed by atoms with Gasteiger partial charge in [-0.1, -0.05) is 42.3 Å². The normalized spacial score (nSPS) is 15.4. The van der Waals surface area contributed by atoms with Crippen molar-refractivity contribution in [1.82, 2.24) is 15.3 Å². The number of aromatic nitrogens is 1. The Kier molecular flexibility index (Phi) is 10.7. The van der Waals surface area contributed by atoms with Crippen LogP contribution < -0.4 is 10.2 Å². The van der Waals surface area contributed by atoms with E-state index < -0.39 is 5.41 Å². The number of fused-ring (bicyclic) bond motifs is 1. The highest BCUT2D eigenvalue weighted by Gasteiger charge is 2.23. The molecule has 1 atom stereocenters. The van der Waals surface area contributed by atoms with Crippen LogP contribution in [0.25, 0.3) is 10.9 Å². The van der Waals surface area contributed by atoms with Crippen molar-refractivity contribution in [1.29, 1.82) is 0 Å². The van der Waals surface area contributed by atoms with E-state index in [9.17, 15) is 4.79 Å². The summed E-state index contributed by atoms with van der Waals surface area (Å²) in [5.41, 5.74) is 7.95. The fraction of sp³-hybridized carbons (Fsp3) is 0.385. The lowest BCUT2D eigenvalue weighted by molar-refractivity contribution is -0.122. The zero-order valence-electron chi connectivity index (χ0n) is 27.5. The highest BCUT2D eigenvalue weighted by molar-refractivity contribution is 6.01. The van der Waals surface area contributed by atoms with E-state index in [0.29, 0.717) is 19.4 Å². The molecule has 0 saturated carbocycles. The molecule has 3 aromatic rings. The number of hydrogen-bond acceptors (Lipinski definition) is 6. The van der Waals surface area contributed by atoms with E-state index >= 15 is 0 Å². The number of pyridine rings is 1. The van der Waals surface area contributed by atoms with Gasteiger partial charge in [-0.2, -0.15) is 5.10 Å². The Balaban J connectivity index is 1.29. The number of anilines is 1. The number of benzene rings is 2. The third-order valence-corrected chi connectivity index (χ3v) is 8.84. The van der Waals surface area contributed by atoms with Crippen molar-refractivity contribution in [2.75, 3.05) is 44.7 Å². The lowest BCUT2D eigenvalue weighted by atomic mass is 9.89. The maximum absolute atomic E-state index is 12.3. The van der Waals surface area contributed by atoms with Gasteiger partial charge in [-0.25, -0.2) is 0 Å². The van der Waals surface area contributed by atoms with Crippen LogP contribution >= 0.6 is 0 Å². The third-order valence-electron chi connectivity index (χ3n) is 8.84. The van der Waals surface area contributed by atoms with E-state index in [1.165, 1.54) is 22.4 Å². The topological polar surface area (TPSA) is 73.2 Å². The molecule has 1 N–H and O–H groups in total. The minimum atomic E-state index is -0.431. The largest absolute Gasteiger partial charge is 0.363 e. The summed E-state index contributed by atoms with van der Waals surface area (Å²) in [7, 11) is 2.02. The lowest BCUT2D eigenvalue weighted by Gasteiger charge is -2.22. The first-order chi connectivity index (χ1) is 22.3. The molecule has 7 heteroatoms. The molecule has 0 spiro atoms. The van der Waals surface area contributed by atoms with Crippen LogP contribution in [0.3, 0.4) is 0 Å². The molecule has 0 aliphatic carbocycles. The van der Waals surface area contributed by atoms with E-state index in [1.54, 1.807) is 0 Å². The van der Waals surface area contributed by atoms with Crippen LogP contribution in [0.5, 0.6) is 0 Å². The predicted octanol–water partition coefficient (Wildman–Crippen LogP) is 6.77. The van der Waals surface area contributed by atoms with Gasteiger partial charge in [-0.05, 0) is 79.6 Å². The van der Waals surface area contributed by atoms with Crippen molar-refractivity contribution >= 4 is 34.4 Å². The van der Waals surface area contributed by atoms with Gasteiger partial charge in [0, 0.05) is 87.4 Å². The number of nitrogens with zero attached hydrogens (tertiary/aromatic N) is 5. The van der Waals surface area contributed by atoms with Crippen LogP contribution in [0.2, 0.25) is 0 Å². The van der Waals surface area contributed by atoms with Gasteiger partial charge < -0.3 is 10.2 Å². The monoisotopic (exact) mass is 614 g/mol. The number of carbonyl (C=O) groups excluding carboxylic acids is 1. The fourth-order valence-electron chi connectivity index (χ4n) is 6.16. The summed E-state index contributed by atoms with van der Waals surface area (Å²) >= 11 is 0. The maximum atomic E-state index is 12.3. The molecule has 0 bridgehead atoms. The molecule has 7 nitrogen and oxygen atoms in total. The van der Waals surface area contributed by atoms with Gasteiger partial charge in [0.2, 0.25) is 5.91 Å². The van der Waals surface area contributed by atoms with Crippen LogP contribution in [0.15, 0.2) is 94.7 Å². The standard InChI is InChI=1S/C39H46N6O/c1-6-29(34-12-10-14-36-35(34)13-11-21-41-36)24-37(43-44(5)23-9-8-20-42-38(46)25-39(3,4)7-2)30-15-17-33(18-16-30)45-27-31-19-22-40-26-32(31)28-45/h2,6,10-18,21,26,29H,1,8-9,19-20,22-25,27-28H2,3-5H3,(H,42,46)/b43-37+. The number of hydrogen-bond donors (Lipinski definition) is 1. The van der Waals surface area contributed by atoms with Gasteiger partial charge in [0.25, 0.3) is 0 Å². The molecule has 5 rings (SSSR count). The zero-order valence-corrected chi connectivity index (χ0v) is 27.5. The first-order valence-corrected chi connectivity index (χ1v) is 16.3. The molecule has 2 aliphatic heterocycles. The molecular formula is C39H46N6O. The van der Waals surface area contributed by atoms with E-state index in [4.69, 9.17) is 11.5 Å². The van der Waals surface area contributed by atoms with Crippen LogP contribution in [-0.4, -0.2) is 67.6 Å². The second-order valence-electron chi connectivity index (χ2n) is 13.0. The minimum absolute atomic E-state index is 0.00262. The Morgan fingerprint density at radius 1 is 1.17 bits per heavy atom. The summed E-state index contributed by atoms with van der Waals surface area (Å²) in [6, 6.07) is 19.2. The van der Waals surface area contributed by atoms with E-state index in [0.717, 1.165) is 67.6 Å². The number of allylic oxidation sites excluding steroid dienone is 1. The summed E-state index contributed by atoms with van der Waals surface area (Å²) in [4.78, 5) is 23.7. The van der Waals surface area contributed by atoms with Crippen LogP contribution in [0, 0.1) is 17.8 Å². The molecule has 2 aliphatic rings. The Bertz CT molecular complexity index is 1670. The minimum Gasteiger partial charge on any atom is -0.363 e. The molecule has 1 unspecified atom stereocenters. The first kappa shape index (κ1) is 32.7. The van der Waals surface area contributed by atoms with Crippen LogP contribution in [-0.2, 0) is 4.79 Å². The number of amides is 1. The summed E-state index contributed by atoms with van der Waals surface area (Å²) in [6.45, 7) is 12.2. The third kappa shape index (κ3) is 8.31. The zero-order chi connectivity index (χ0) is 32.5. The molecule has 1 amide bonds. The second kappa shape index (κ2) is 15.1. The van der Waals surface area contributed by atoms with Gasteiger partial charge in [0.15, 0.2) is 0 Å². The summed E-state index contributed by atoms with van der Waals surface area (Å²) in [6.07, 6.45) is 15.3. The average molecular weight is 615 g/mol. The molecule has 3 heterocycles. The highest BCUT2D eigenvalue weighted by Crippen LogP contribution is 2.31. The summed E-state index contributed by atoms with van der Waals surface area (Å²) in [5, 5.41) is 11.3. The molecular weight excluding hydrogens is 568 g/mol. The quantitative estimate of drug-likeness (QED) is 0.0716. The van der Waals surface area contributed by atoms with Crippen LogP contribution in [0.1, 0.15) is 63.0 Å². The number of aliphatic imine (C=N–C) groups is 1. The van der Waals surface area contributed by atoms with E-state index in [-0.39, 0.29) is 11.8 Å². The van der Waals surface area contributed by atoms with Gasteiger partial charge in [0.1, 0.15) is 0 Å². The smallest absolute Gasteiger partial charge is 0.221 e. The van der Waals surface area contributed by atoms with Crippen molar-refractivity contribution in [3.8, 4) is 12.3 Å². The van der Waals surface area contributed by atoms with Crippen molar-refractivity contribution < 1.29 is 4.79 Å². The van der Waals surface area contributed by atoms with Crippen LogP contribution in [0.4, 0.5) is 5.69 Å². The average Bonchev–Trinajstić information content (AvgIpc) is 3.51. The predicted molar refractivity (Wildman–Crippen MR) is 192 cm³/mol. The number of dihydropyridines is 1. The molecule has 0 saturated heterocycles. The van der Waals surface area contributed by atoms with E-state index in [1.807, 2.05) is 44.2 Å². The van der Waals surface area contributed by atoms with Gasteiger partial charge in [-0.3, -0.25) is 19.8 Å². The Morgan fingerprint density at radius 2 is 2.00 bits per heavy atom. The number of hydrazone groups is 1. The van der Waals surface area contributed by atoms with Gasteiger partial charge in [0.05, 0.1) is 11.2 Å². The molecule has 0 radical (unpaired) electrons. The number of carbonyl (C=O) groups is 1. The summed E-state index contributed by atoms with van der Waals surface area (Å²) in [5.74, 6) is 2.75. The number of nitrogens with one attached hydrogen (secondary N) is 1. The molecule has 238 valence electrons. The van der Waals surface area contributed by atoms with Crippen molar-refractivity contribution in [3.05, 3.63) is 95.7 Å². The molecule has 46 heavy (non-hydrogen) atoms. The lowest BCUT2D eigenvalue weighted by Crippen LogP contribution is -2.29. The molecule has 0 fully saturated rings.